The van der Waals surface area contributed by atoms with Gasteiger partial charge in [0.2, 0.25) is 0 Å². The summed E-state index contributed by atoms with van der Waals surface area (Å²) in [5.41, 5.74) is 1.34. The van der Waals surface area contributed by atoms with Crippen LogP contribution < -0.4 is 5.32 Å². The molecule has 0 aliphatic carbocycles. The summed E-state index contributed by atoms with van der Waals surface area (Å²) in [6.45, 7) is 4.08. The molecule has 1 aliphatic heterocycles. The number of carboxylic acids is 1. The largest absolute Gasteiger partial charge is 0.481 e. The van der Waals surface area contributed by atoms with E-state index in [1.54, 1.807) is 0 Å². The average Bonchev–Trinajstić information content (AvgIpc) is 2.52. The standard InChI is InChI=1S/C17H24N2O3/c1-13-12-19(17(22)18-10-5-8-16(20)21)11-9-15(13)14-6-3-2-4-7-14/h2-4,6-7,13,15H,5,8-12H2,1H3,(H,18,22)(H,20,21). The zero-order valence-corrected chi connectivity index (χ0v) is 13.0. The lowest BCUT2D eigenvalue weighted by Crippen LogP contribution is -2.47. The maximum Gasteiger partial charge on any atom is 0.317 e. The van der Waals surface area contributed by atoms with E-state index in [1.807, 2.05) is 11.0 Å². The Kier molecular flexibility index (Phi) is 5.81. The van der Waals surface area contributed by atoms with Gasteiger partial charge in [-0.2, -0.15) is 0 Å². The van der Waals surface area contributed by atoms with Crippen LogP contribution in [-0.4, -0.2) is 41.6 Å². The fourth-order valence-electron chi connectivity index (χ4n) is 3.07. The van der Waals surface area contributed by atoms with Crippen LogP contribution in [0.2, 0.25) is 0 Å². The van der Waals surface area contributed by atoms with Gasteiger partial charge in [0.25, 0.3) is 0 Å². The Hall–Kier alpha value is -2.04. The number of hydrogen-bond acceptors (Lipinski definition) is 2. The number of carbonyl (C=O) groups is 2. The van der Waals surface area contributed by atoms with Gasteiger partial charge < -0.3 is 15.3 Å². The molecule has 5 nitrogen and oxygen atoms in total. The first-order valence-electron chi connectivity index (χ1n) is 7.87. The number of likely N-dealkylation sites (tertiary alicyclic amines) is 1. The van der Waals surface area contributed by atoms with Gasteiger partial charge in [0.1, 0.15) is 0 Å². The van der Waals surface area contributed by atoms with E-state index in [0.29, 0.717) is 24.8 Å². The Morgan fingerprint density at radius 1 is 1.32 bits per heavy atom. The van der Waals surface area contributed by atoms with Crippen LogP contribution in [0.15, 0.2) is 30.3 Å². The summed E-state index contributed by atoms with van der Waals surface area (Å²) in [5, 5.41) is 11.4. The summed E-state index contributed by atoms with van der Waals surface area (Å²) in [6, 6.07) is 10.4. The van der Waals surface area contributed by atoms with Crippen LogP contribution in [-0.2, 0) is 4.79 Å². The summed E-state index contributed by atoms with van der Waals surface area (Å²) in [7, 11) is 0. The molecule has 22 heavy (non-hydrogen) atoms. The van der Waals surface area contributed by atoms with E-state index >= 15 is 0 Å². The number of aliphatic carboxylic acids is 1. The molecule has 1 saturated heterocycles. The van der Waals surface area contributed by atoms with Gasteiger partial charge in [0, 0.05) is 26.1 Å². The highest BCUT2D eigenvalue weighted by Crippen LogP contribution is 2.32. The lowest BCUT2D eigenvalue weighted by molar-refractivity contribution is -0.137. The van der Waals surface area contributed by atoms with Gasteiger partial charge in [-0.05, 0) is 30.2 Å². The van der Waals surface area contributed by atoms with Crippen molar-refractivity contribution < 1.29 is 14.7 Å². The van der Waals surface area contributed by atoms with E-state index in [9.17, 15) is 9.59 Å². The Labute approximate surface area is 131 Å². The molecule has 2 atom stereocenters. The molecule has 0 spiro atoms. The molecule has 2 unspecified atom stereocenters. The van der Waals surface area contributed by atoms with Crippen molar-refractivity contribution in [1.82, 2.24) is 10.2 Å². The van der Waals surface area contributed by atoms with Crippen molar-refractivity contribution in [3.05, 3.63) is 35.9 Å². The molecule has 2 N–H and O–H groups in total. The molecular formula is C17H24N2O3. The average molecular weight is 304 g/mol. The highest BCUT2D eigenvalue weighted by atomic mass is 16.4. The lowest BCUT2D eigenvalue weighted by atomic mass is 9.82. The third kappa shape index (κ3) is 4.48. The molecule has 0 aromatic heterocycles. The van der Waals surface area contributed by atoms with Gasteiger partial charge in [0.05, 0.1) is 0 Å². The van der Waals surface area contributed by atoms with Gasteiger partial charge in [-0.3, -0.25) is 4.79 Å². The van der Waals surface area contributed by atoms with Gasteiger partial charge in [0.15, 0.2) is 0 Å². The number of carbonyl (C=O) groups excluding carboxylic acids is 1. The molecule has 1 aromatic carbocycles. The third-order valence-electron chi connectivity index (χ3n) is 4.26. The Bertz CT molecular complexity index is 504. The number of urea groups is 1. The Balaban J connectivity index is 1.79. The summed E-state index contributed by atoms with van der Waals surface area (Å²) in [6.07, 6.45) is 1.53. The first kappa shape index (κ1) is 16.3. The minimum Gasteiger partial charge on any atom is -0.481 e. The van der Waals surface area contributed by atoms with Crippen molar-refractivity contribution in [3.8, 4) is 0 Å². The second-order valence-corrected chi connectivity index (χ2v) is 5.96. The Morgan fingerprint density at radius 3 is 2.68 bits per heavy atom. The predicted molar refractivity (Wildman–Crippen MR) is 84.8 cm³/mol. The van der Waals surface area contributed by atoms with Gasteiger partial charge in [-0.15, -0.1) is 0 Å². The van der Waals surface area contributed by atoms with E-state index in [1.165, 1.54) is 5.56 Å². The summed E-state index contributed by atoms with van der Waals surface area (Å²) in [4.78, 5) is 24.4. The molecule has 1 fully saturated rings. The maximum atomic E-state index is 12.1. The minimum atomic E-state index is -0.827. The molecular weight excluding hydrogens is 280 g/mol. The molecule has 5 heteroatoms. The molecule has 1 aliphatic rings. The van der Waals surface area contributed by atoms with Gasteiger partial charge >= 0.3 is 12.0 Å². The smallest absolute Gasteiger partial charge is 0.317 e. The second kappa shape index (κ2) is 7.82. The molecule has 0 bridgehead atoms. The number of nitrogens with one attached hydrogen (secondary N) is 1. The molecule has 2 rings (SSSR count). The van der Waals surface area contributed by atoms with Crippen LogP contribution >= 0.6 is 0 Å². The van der Waals surface area contributed by atoms with Crippen molar-refractivity contribution >= 4 is 12.0 Å². The first-order chi connectivity index (χ1) is 10.6. The van der Waals surface area contributed by atoms with Crippen LogP contribution in [0.25, 0.3) is 0 Å². The third-order valence-corrected chi connectivity index (χ3v) is 4.26. The molecule has 1 aromatic rings. The lowest BCUT2D eigenvalue weighted by Gasteiger charge is -2.37. The monoisotopic (exact) mass is 304 g/mol. The van der Waals surface area contributed by atoms with Crippen LogP contribution in [0.3, 0.4) is 0 Å². The molecule has 1 heterocycles. The maximum absolute atomic E-state index is 12.1. The number of hydrogen-bond donors (Lipinski definition) is 2. The van der Waals surface area contributed by atoms with E-state index < -0.39 is 5.97 Å². The Morgan fingerprint density at radius 2 is 2.05 bits per heavy atom. The van der Waals surface area contributed by atoms with Crippen molar-refractivity contribution in [2.24, 2.45) is 5.92 Å². The second-order valence-electron chi connectivity index (χ2n) is 5.96. The van der Waals surface area contributed by atoms with Crippen molar-refractivity contribution in [1.29, 1.82) is 0 Å². The van der Waals surface area contributed by atoms with Gasteiger partial charge in [-0.1, -0.05) is 37.3 Å². The zero-order chi connectivity index (χ0) is 15.9. The number of nitrogens with zero attached hydrogens (tertiary/aromatic N) is 1. The molecule has 0 saturated carbocycles. The highest BCUT2D eigenvalue weighted by molar-refractivity contribution is 5.74. The van der Waals surface area contributed by atoms with Crippen LogP contribution in [0, 0.1) is 5.92 Å². The fraction of sp³-hybridized carbons (Fsp3) is 0.529. The van der Waals surface area contributed by atoms with E-state index in [4.69, 9.17) is 5.11 Å². The van der Waals surface area contributed by atoms with Crippen LogP contribution in [0.5, 0.6) is 0 Å². The first-order valence-corrected chi connectivity index (χ1v) is 7.87. The van der Waals surface area contributed by atoms with Crippen molar-refractivity contribution in [3.63, 3.8) is 0 Å². The molecule has 2 amide bonds. The van der Waals surface area contributed by atoms with Crippen molar-refractivity contribution in [2.75, 3.05) is 19.6 Å². The van der Waals surface area contributed by atoms with Crippen LogP contribution in [0.4, 0.5) is 4.79 Å². The topological polar surface area (TPSA) is 69.6 Å². The summed E-state index contributed by atoms with van der Waals surface area (Å²) >= 11 is 0. The SMILES string of the molecule is CC1CN(C(=O)NCCCC(=O)O)CCC1c1ccccc1. The number of benzene rings is 1. The predicted octanol–water partition coefficient (Wildman–Crippen LogP) is 2.69. The zero-order valence-electron chi connectivity index (χ0n) is 13.0. The van der Waals surface area contributed by atoms with Crippen LogP contribution in [0.1, 0.15) is 37.7 Å². The molecule has 0 radical (unpaired) electrons. The molecule has 120 valence electrons. The summed E-state index contributed by atoms with van der Waals surface area (Å²) < 4.78 is 0. The highest BCUT2D eigenvalue weighted by Gasteiger charge is 2.29. The number of piperidine rings is 1. The van der Waals surface area contributed by atoms with Gasteiger partial charge in [-0.25, -0.2) is 4.79 Å². The number of rotatable bonds is 5. The van der Waals surface area contributed by atoms with E-state index in [2.05, 4.69) is 36.5 Å². The normalized spacial score (nSPS) is 21.4. The minimum absolute atomic E-state index is 0.0799. The quantitative estimate of drug-likeness (QED) is 0.822. The number of amides is 2. The van der Waals surface area contributed by atoms with Crippen molar-refractivity contribution in [2.45, 2.75) is 32.1 Å². The number of carboxylic acid groups (broad SMARTS) is 1. The summed E-state index contributed by atoms with van der Waals surface area (Å²) in [5.74, 6) is 0.0877. The van der Waals surface area contributed by atoms with E-state index in [-0.39, 0.29) is 12.5 Å². The van der Waals surface area contributed by atoms with E-state index in [0.717, 1.165) is 19.5 Å². The fourth-order valence-corrected chi connectivity index (χ4v) is 3.07.